The molecule has 0 N–H and O–H groups in total. The molecule has 0 aliphatic carbocycles. The Labute approximate surface area is 124 Å². The van der Waals surface area contributed by atoms with E-state index in [-0.39, 0.29) is 11.7 Å². The highest BCUT2D eigenvalue weighted by Crippen LogP contribution is 2.22. The van der Waals surface area contributed by atoms with Gasteiger partial charge in [0, 0.05) is 0 Å². The molecule has 0 saturated heterocycles. The number of aryl methyl sites for hydroxylation is 1. The molecule has 1 unspecified atom stereocenters. The second kappa shape index (κ2) is 7.44. The molecular formula is C18H18FNO. The van der Waals surface area contributed by atoms with Gasteiger partial charge in [0.1, 0.15) is 11.6 Å². The van der Waals surface area contributed by atoms with Gasteiger partial charge < -0.3 is 4.74 Å². The zero-order chi connectivity index (χ0) is 15.1. The maximum atomic E-state index is 13.2. The largest absolute Gasteiger partial charge is 0.493 e. The summed E-state index contributed by atoms with van der Waals surface area (Å²) in [5.74, 6) is 0.279. The summed E-state index contributed by atoms with van der Waals surface area (Å²) in [5.41, 5.74) is 1.83. The molecule has 2 aromatic carbocycles. The number of para-hydroxylation sites is 1. The standard InChI is InChI=1S/C18H18FNO/c1-14-6-2-3-10-18(14)21-11-5-8-16(13-20)15-7-4-9-17(19)12-15/h2-4,6-7,9-10,12,16H,5,8,11H2,1H3. The van der Waals surface area contributed by atoms with Gasteiger partial charge in [-0.1, -0.05) is 30.3 Å². The van der Waals surface area contributed by atoms with Gasteiger partial charge in [-0.15, -0.1) is 0 Å². The van der Waals surface area contributed by atoms with Crippen LogP contribution in [0.4, 0.5) is 4.39 Å². The monoisotopic (exact) mass is 283 g/mol. The van der Waals surface area contributed by atoms with E-state index in [9.17, 15) is 9.65 Å². The van der Waals surface area contributed by atoms with E-state index in [2.05, 4.69) is 6.07 Å². The SMILES string of the molecule is Cc1ccccc1OCCCC(C#N)c1cccc(F)c1. The van der Waals surface area contributed by atoms with E-state index in [1.807, 2.05) is 31.2 Å². The van der Waals surface area contributed by atoms with Crippen LogP contribution in [0.15, 0.2) is 48.5 Å². The summed E-state index contributed by atoms with van der Waals surface area (Å²) >= 11 is 0. The second-order valence-electron chi connectivity index (χ2n) is 4.99. The highest BCUT2D eigenvalue weighted by molar-refractivity contribution is 5.31. The van der Waals surface area contributed by atoms with Crippen LogP contribution in [0.3, 0.4) is 0 Å². The summed E-state index contributed by atoms with van der Waals surface area (Å²) in [6, 6.07) is 16.3. The van der Waals surface area contributed by atoms with E-state index < -0.39 is 0 Å². The van der Waals surface area contributed by atoms with Crippen LogP contribution in [-0.2, 0) is 0 Å². The van der Waals surface area contributed by atoms with Crippen molar-refractivity contribution in [2.45, 2.75) is 25.7 Å². The van der Waals surface area contributed by atoms with Crippen LogP contribution in [-0.4, -0.2) is 6.61 Å². The Morgan fingerprint density at radius 2 is 2.00 bits per heavy atom. The van der Waals surface area contributed by atoms with Crippen LogP contribution in [0.25, 0.3) is 0 Å². The minimum Gasteiger partial charge on any atom is -0.493 e. The summed E-state index contributed by atoms with van der Waals surface area (Å²) < 4.78 is 18.9. The number of hydrogen-bond acceptors (Lipinski definition) is 2. The first-order chi connectivity index (χ1) is 10.2. The van der Waals surface area contributed by atoms with E-state index in [1.165, 1.54) is 12.1 Å². The van der Waals surface area contributed by atoms with Gasteiger partial charge in [0.25, 0.3) is 0 Å². The predicted octanol–water partition coefficient (Wildman–Crippen LogP) is 4.60. The predicted molar refractivity (Wildman–Crippen MR) is 80.7 cm³/mol. The molecule has 1 atom stereocenters. The normalized spacial score (nSPS) is 11.7. The van der Waals surface area contributed by atoms with Crippen molar-refractivity contribution in [2.75, 3.05) is 6.61 Å². The number of ether oxygens (including phenoxy) is 1. The molecule has 0 amide bonds. The number of halogens is 1. The molecule has 0 bridgehead atoms. The summed E-state index contributed by atoms with van der Waals surface area (Å²) in [5, 5.41) is 9.22. The summed E-state index contributed by atoms with van der Waals surface area (Å²) in [7, 11) is 0. The molecule has 0 aromatic heterocycles. The Balaban J connectivity index is 1.85. The van der Waals surface area contributed by atoms with Crippen molar-refractivity contribution in [1.82, 2.24) is 0 Å². The fourth-order valence-corrected chi connectivity index (χ4v) is 2.22. The Kier molecular flexibility index (Phi) is 5.34. The number of benzene rings is 2. The van der Waals surface area contributed by atoms with Gasteiger partial charge in [0.15, 0.2) is 0 Å². The molecule has 2 nitrogen and oxygen atoms in total. The minimum absolute atomic E-state index is 0.291. The highest BCUT2D eigenvalue weighted by atomic mass is 19.1. The van der Waals surface area contributed by atoms with Crippen molar-refractivity contribution < 1.29 is 9.13 Å². The first-order valence-corrected chi connectivity index (χ1v) is 7.04. The van der Waals surface area contributed by atoms with Crippen LogP contribution in [0.5, 0.6) is 5.75 Å². The Hall–Kier alpha value is -2.34. The molecule has 0 aliphatic heterocycles. The summed E-state index contributed by atoms with van der Waals surface area (Å²) in [6.07, 6.45) is 1.41. The Bertz CT molecular complexity index is 633. The molecular weight excluding hydrogens is 265 g/mol. The van der Waals surface area contributed by atoms with Gasteiger partial charge in [0.2, 0.25) is 0 Å². The fourth-order valence-electron chi connectivity index (χ4n) is 2.22. The van der Waals surface area contributed by atoms with E-state index in [1.54, 1.807) is 12.1 Å². The third kappa shape index (κ3) is 4.32. The van der Waals surface area contributed by atoms with E-state index >= 15 is 0 Å². The smallest absolute Gasteiger partial charge is 0.123 e. The first-order valence-electron chi connectivity index (χ1n) is 7.04. The molecule has 2 rings (SSSR count). The molecule has 0 spiro atoms. The van der Waals surface area contributed by atoms with Crippen molar-refractivity contribution >= 4 is 0 Å². The lowest BCUT2D eigenvalue weighted by Crippen LogP contribution is -2.03. The van der Waals surface area contributed by atoms with Crippen LogP contribution in [0.2, 0.25) is 0 Å². The molecule has 0 radical (unpaired) electrons. The Morgan fingerprint density at radius 3 is 2.71 bits per heavy atom. The van der Waals surface area contributed by atoms with Gasteiger partial charge >= 0.3 is 0 Å². The van der Waals surface area contributed by atoms with Crippen LogP contribution in [0, 0.1) is 24.1 Å². The maximum Gasteiger partial charge on any atom is 0.123 e. The zero-order valence-electron chi connectivity index (χ0n) is 12.1. The molecule has 0 saturated carbocycles. The molecule has 108 valence electrons. The van der Waals surface area contributed by atoms with E-state index in [4.69, 9.17) is 4.74 Å². The molecule has 0 heterocycles. The topological polar surface area (TPSA) is 33.0 Å². The van der Waals surface area contributed by atoms with Crippen molar-refractivity contribution in [3.8, 4) is 11.8 Å². The number of hydrogen-bond donors (Lipinski definition) is 0. The van der Waals surface area contributed by atoms with Crippen molar-refractivity contribution in [3.05, 3.63) is 65.5 Å². The molecule has 21 heavy (non-hydrogen) atoms. The lowest BCUT2D eigenvalue weighted by molar-refractivity contribution is 0.303. The summed E-state index contributed by atoms with van der Waals surface area (Å²) in [6.45, 7) is 2.55. The van der Waals surface area contributed by atoms with Gasteiger partial charge in [-0.25, -0.2) is 4.39 Å². The lowest BCUT2D eigenvalue weighted by atomic mass is 9.96. The van der Waals surface area contributed by atoms with E-state index in [0.29, 0.717) is 13.0 Å². The second-order valence-corrected chi connectivity index (χ2v) is 4.99. The lowest BCUT2D eigenvalue weighted by Gasteiger charge is -2.11. The average Bonchev–Trinajstić information content (AvgIpc) is 2.49. The number of nitrogens with zero attached hydrogens (tertiary/aromatic N) is 1. The number of nitriles is 1. The molecule has 3 heteroatoms. The third-order valence-electron chi connectivity index (χ3n) is 3.40. The fraction of sp³-hybridized carbons (Fsp3) is 0.278. The maximum absolute atomic E-state index is 13.2. The minimum atomic E-state index is -0.302. The first kappa shape index (κ1) is 15.1. The summed E-state index contributed by atoms with van der Waals surface area (Å²) in [4.78, 5) is 0. The van der Waals surface area contributed by atoms with Gasteiger partial charge in [0.05, 0.1) is 18.6 Å². The quantitative estimate of drug-likeness (QED) is 0.726. The third-order valence-corrected chi connectivity index (χ3v) is 3.40. The van der Waals surface area contributed by atoms with E-state index in [0.717, 1.165) is 23.3 Å². The van der Waals surface area contributed by atoms with Crippen LogP contribution >= 0.6 is 0 Å². The van der Waals surface area contributed by atoms with Crippen molar-refractivity contribution in [1.29, 1.82) is 5.26 Å². The van der Waals surface area contributed by atoms with Gasteiger partial charge in [-0.05, 0) is 49.1 Å². The van der Waals surface area contributed by atoms with Crippen molar-refractivity contribution in [2.24, 2.45) is 0 Å². The Morgan fingerprint density at radius 1 is 1.19 bits per heavy atom. The zero-order valence-corrected chi connectivity index (χ0v) is 12.1. The number of rotatable bonds is 6. The van der Waals surface area contributed by atoms with Crippen molar-refractivity contribution in [3.63, 3.8) is 0 Å². The molecule has 2 aromatic rings. The van der Waals surface area contributed by atoms with Crippen LogP contribution < -0.4 is 4.74 Å². The molecule has 0 fully saturated rings. The van der Waals surface area contributed by atoms with Crippen LogP contribution in [0.1, 0.15) is 29.9 Å². The molecule has 0 aliphatic rings. The highest BCUT2D eigenvalue weighted by Gasteiger charge is 2.11. The van der Waals surface area contributed by atoms with Gasteiger partial charge in [-0.3, -0.25) is 0 Å². The average molecular weight is 283 g/mol. The van der Waals surface area contributed by atoms with Gasteiger partial charge in [-0.2, -0.15) is 5.26 Å².